The minimum Gasteiger partial charge on any atom is -0.325 e. The fourth-order valence-corrected chi connectivity index (χ4v) is 2.99. The van der Waals surface area contributed by atoms with Crippen LogP contribution < -0.4 is 5.32 Å². The lowest BCUT2D eigenvalue weighted by Gasteiger charge is -2.08. The summed E-state index contributed by atoms with van der Waals surface area (Å²) in [4.78, 5) is 27.0. The van der Waals surface area contributed by atoms with Crippen molar-refractivity contribution in [2.75, 3.05) is 11.1 Å². The molecule has 0 spiro atoms. The summed E-state index contributed by atoms with van der Waals surface area (Å²) in [5, 5.41) is 15.4. The third kappa shape index (κ3) is 4.13. The van der Waals surface area contributed by atoms with Gasteiger partial charge in [-0.15, -0.1) is 0 Å². The number of carbonyl (C=O) groups is 1. The van der Waals surface area contributed by atoms with Crippen LogP contribution in [0.1, 0.15) is 5.56 Å². The zero-order valence-electron chi connectivity index (χ0n) is 13.4. The van der Waals surface area contributed by atoms with Crippen molar-refractivity contribution >= 4 is 39.9 Å². The molecule has 25 heavy (non-hydrogen) atoms. The number of fused-ring (bicyclic) bond motifs is 1. The van der Waals surface area contributed by atoms with E-state index in [0.29, 0.717) is 5.69 Å². The first-order chi connectivity index (χ1) is 12.0. The number of hydrogen-bond acceptors (Lipinski definition) is 5. The molecule has 1 heterocycles. The number of nitrogens with one attached hydrogen (secondary N) is 1. The van der Waals surface area contributed by atoms with E-state index in [1.54, 1.807) is 13.0 Å². The molecule has 0 bridgehead atoms. The Balaban J connectivity index is 1.66. The number of pyridine rings is 1. The molecule has 6 nitrogen and oxygen atoms in total. The largest absolute Gasteiger partial charge is 0.325 e. The maximum atomic E-state index is 12.2. The van der Waals surface area contributed by atoms with E-state index in [1.165, 1.54) is 23.9 Å². The highest BCUT2D eigenvalue weighted by Crippen LogP contribution is 2.23. The van der Waals surface area contributed by atoms with Gasteiger partial charge in [0.2, 0.25) is 5.91 Å². The molecule has 3 aromatic rings. The van der Waals surface area contributed by atoms with Gasteiger partial charge in [-0.25, -0.2) is 4.98 Å². The van der Waals surface area contributed by atoms with Crippen molar-refractivity contribution in [3.05, 3.63) is 70.3 Å². The van der Waals surface area contributed by atoms with Crippen molar-refractivity contribution in [1.82, 2.24) is 4.98 Å². The lowest BCUT2D eigenvalue weighted by atomic mass is 10.2. The summed E-state index contributed by atoms with van der Waals surface area (Å²) in [5.74, 6) is -0.0587. The van der Waals surface area contributed by atoms with Crippen molar-refractivity contribution in [3.63, 3.8) is 0 Å². The summed E-state index contributed by atoms with van der Waals surface area (Å²) in [5.41, 5.74) is 2.05. The number of rotatable bonds is 5. The lowest BCUT2D eigenvalue weighted by Crippen LogP contribution is -2.15. The standard InChI is InChI=1S/C18H15N3O3S/c1-12-6-8-14(21(23)24)10-16(12)19-17(22)11-25-18-9-7-13-4-2-3-5-15(13)20-18/h2-10H,11H2,1H3,(H,19,22). The van der Waals surface area contributed by atoms with Gasteiger partial charge in [-0.2, -0.15) is 0 Å². The fourth-order valence-electron chi connectivity index (χ4n) is 2.31. The molecule has 1 aromatic heterocycles. The van der Waals surface area contributed by atoms with Gasteiger partial charge in [0.25, 0.3) is 5.69 Å². The Kier molecular flexibility index (Phi) is 4.95. The van der Waals surface area contributed by atoms with Crippen LogP contribution in [-0.4, -0.2) is 21.6 Å². The Labute approximate surface area is 148 Å². The van der Waals surface area contributed by atoms with E-state index < -0.39 is 4.92 Å². The normalized spacial score (nSPS) is 10.6. The van der Waals surface area contributed by atoms with Gasteiger partial charge in [-0.1, -0.05) is 42.1 Å². The number of aryl methyl sites for hydroxylation is 1. The van der Waals surface area contributed by atoms with E-state index in [4.69, 9.17) is 0 Å². The number of anilines is 1. The average molecular weight is 353 g/mol. The molecule has 0 fully saturated rings. The number of non-ortho nitro benzene ring substituents is 1. The molecule has 0 unspecified atom stereocenters. The molecule has 126 valence electrons. The monoisotopic (exact) mass is 353 g/mol. The van der Waals surface area contributed by atoms with Crippen molar-refractivity contribution < 1.29 is 9.72 Å². The van der Waals surface area contributed by atoms with Crippen LogP contribution in [0.15, 0.2) is 59.6 Å². The first-order valence-electron chi connectivity index (χ1n) is 7.56. The fraction of sp³-hybridized carbons (Fsp3) is 0.111. The number of nitro groups is 1. The summed E-state index contributed by atoms with van der Waals surface area (Å²) in [6.07, 6.45) is 0. The van der Waals surface area contributed by atoms with Crippen LogP contribution >= 0.6 is 11.8 Å². The van der Waals surface area contributed by atoms with Crippen LogP contribution in [0.4, 0.5) is 11.4 Å². The van der Waals surface area contributed by atoms with Gasteiger partial charge in [-0.3, -0.25) is 14.9 Å². The van der Waals surface area contributed by atoms with Gasteiger partial charge >= 0.3 is 0 Å². The molecule has 1 N–H and O–H groups in total. The molecule has 0 saturated carbocycles. The SMILES string of the molecule is Cc1ccc([N+](=O)[O-])cc1NC(=O)CSc1ccc2ccccc2n1. The minimum absolute atomic E-state index is 0.0512. The first kappa shape index (κ1) is 16.9. The highest BCUT2D eigenvalue weighted by molar-refractivity contribution is 7.99. The second-order valence-electron chi connectivity index (χ2n) is 5.44. The van der Waals surface area contributed by atoms with E-state index in [0.717, 1.165) is 21.5 Å². The van der Waals surface area contributed by atoms with E-state index in [9.17, 15) is 14.9 Å². The summed E-state index contributed by atoms with van der Waals surface area (Å²) in [6, 6.07) is 16.0. The Morgan fingerprint density at radius 2 is 2.00 bits per heavy atom. The van der Waals surface area contributed by atoms with Gasteiger partial charge in [0.15, 0.2) is 0 Å². The maximum absolute atomic E-state index is 12.2. The maximum Gasteiger partial charge on any atom is 0.271 e. The molecule has 0 atom stereocenters. The predicted molar refractivity (Wildman–Crippen MR) is 98.9 cm³/mol. The molecule has 3 rings (SSSR count). The topological polar surface area (TPSA) is 85.1 Å². The van der Waals surface area contributed by atoms with Gasteiger partial charge < -0.3 is 5.32 Å². The van der Waals surface area contributed by atoms with Crippen LogP contribution in [0.25, 0.3) is 10.9 Å². The van der Waals surface area contributed by atoms with Crippen molar-refractivity contribution in [1.29, 1.82) is 0 Å². The van der Waals surface area contributed by atoms with Crippen molar-refractivity contribution in [3.8, 4) is 0 Å². The number of para-hydroxylation sites is 1. The summed E-state index contributed by atoms with van der Waals surface area (Å²) in [7, 11) is 0. The van der Waals surface area contributed by atoms with Crippen LogP contribution in [0, 0.1) is 17.0 Å². The molecule has 0 radical (unpaired) electrons. The Morgan fingerprint density at radius 1 is 1.20 bits per heavy atom. The van der Waals surface area contributed by atoms with Crippen LogP contribution in [0.2, 0.25) is 0 Å². The molecule has 0 aliphatic carbocycles. The summed E-state index contributed by atoms with van der Waals surface area (Å²) in [6.45, 7) is 1.79. The van der Waals surface area contributed by atoms with Crippen LogP contribution in [0.5, 0.6) is 0 Å². The molecular weight excluding hydrogens is 338 g/mol. The smallest absolute Gasteiger partial charge is 0.271 e. The molecule has 7 heteroatoms. The Morgan fingerprint density at radius 3 is 2.80 bits per heavy atom. The number of benzene rings is 2. The number of thioether (sulfide) groups is 1. The zero-order chi connectivity index (χ0) is 17.8. The predicted octanol–water partition coefficient (Wildman–Crippen LogP) is 4.18. The number of hydrogen-bond donors (Lipinski definition) is 1. The summed E-state index contributed by atoms with van der Waals surface area (Å²) >= 11 is 1.32. The Bertz CT molecular complexity index is 959. The van der Waals surface area contributed by atoms with Crippen LogP contribution in [0.3, 0.4) is 0 Å². The first-order valence-corrected chi connectivity index (χ1v) is 8.55. The minimum atomic E-state index is -0.483. The zero-order valence-corrected chi connectivity index (χ0v) is 14.2. The molecular formula is C18H15N3O3S. The number of nitro benzene ring substituents is 1. The average Bonchev–Trinajstić information content (AvgIpc) is 2.61. The van der Waals surface area contributed by atoms with Gasteiger partial charge in [0, 0.05) is 17.5 Å². The van der Waals surface area contributed by atoms with Gasteiger partial charge in [0.05, 0.1) is 26.9 Å². The van der Waals surface area contributed by atoms with Crippen molar-refractivity contribution in [2.24, 2.45) is 0 Å². The van der Waals surface area contributed by atoms with Gasteiger partial charge in [-0.05, 0) is 24.6 Å². The lowest BCUT2D eigenvalue weighted by molar-refractivity contribution is -0.384. The summed E-state index contributed by atoms with van der Waals surface area (Å²) < 4.78 is 0. The Hall–Kier alpha value is -2.93. The van der Waals surface area contributed by atoms with E-state index in [1.807, 2.05) is 36.4 Å². The number of nitrogens with zero attached hydrogens (tertiary/aromatic N) is 2. The molecule has 0 saturated heterocycles. The molecule has 2 aromatic carbocycles. The van der Waals surface area contributed by atoms with Crippen molar-refractivity contribution in [2.45, 2.75) is 11.9 Å². The number of carbonyl (C=O) groups excluding carboxylic acids is 1. The quantitative estimate of drug-likeness (QED) is 0.422. The van der Waals surface area contributed by atoms with E-state index >= 15 is 0 Å². The third-order valence-electron chi connectivity index (χ3n) is 3.63. The second-order valence-corrected chi connectivity index (χ2v) is 6.43. The van der Waals surface area contributed by atoms with Gasteiger partial charge in [0.1, 0.15) is 0 Å². The highest BCUT2D eigenvalue weighted by atomic mass is 32.2. The second kappa shape index (κ2) is 7.31. The number of aromatic nitrogens is 1. The molecule has 0 aliphatic rings. The third-order valence-corrected chi connectivity index (χ3v) is 4.56. The molecule has 1 amide bonds. The van der Waals surface area contributed by atoms with E-state index in [2.05, 4.69) is 10.3 Å². The molecule has 0 aliphatic heterocycles. The van der Waals surface area contributed by atoms with E-state index in [-0.39, 0.29) is 17.3 Å². The van der Waals surface area contributed by atoms with Crippen LogP contribution in [-0.2, 0) is 4.79 Å². The number of amides is 1. The highest BCUT2D eigenvalue weighted by Gasteiger charge is 2.11.